The molecular weight excluding hydrogens is 428 g/mol. The molecule has 3 aromatic rings. The van der Waals surface area contributed by atoms with Crippen molar-refractivity contribution in [1.82, 2.24) is 29.9 Å². The number of hydrogen-bond donors (Lipinski definition) is 2. The van der Waals surface area contributed by atoms with E-state index in [1.54, 1.807) is 11.6 Å². The molecule has 10 nitrogen and oxygen atoms in total. The van der Waals surface area contributed by atoms with Crippen LogP contribution < -0.4 is 0 Å². The third-order valence-electron chi connectivity index (χ3n) is 5.53. The molecule has 3 rings (SSSR count). The van der Waals surface area contributed by atoms with E-state index in [-0.39, 0.29) is 24.7 Å². The second-order valence-electron chi connectivity index (χ2n) is 9.32. The van der Waals surface area contributed by atoms with Gasteiger partial charge in [0.15, 0.2) is 5.65 Å². The summed E-state index contributed by atoms with van der Waals surface area (Å²) in [6.45, 7) is 12.8. The van der Waals surface area contributed by atoms with Gasteiger partial charge in [0.2, 0.25) is 11.7 Å². The Balaban J connectivity index is 1.98. The molecule has 0 aliphatic heterocycles. The van der Waals surface area contributed by atoms with E-state index in [1.807, 2.05) is 19.1 Å². The van der Waals surface area contributed by atoms with Crippen molar-refractivity contribution in [3.05, 3.63) is 23.5 Å². The van der Waals surface area contributed by atoms with Crippen molar-refractivity contribution in [2.75, 3.05) is 6.61 Å². The van der Waals surface area contributed by atoms with Crippen molar-refractivity contribution in [2.24, 2.45) is 0 Å². The summed E-state index contributed by atoms with van der Waals surface area (Å²) in [4.78, 5) is 20.4. The van der Waals surface area contributed by atoms with Crippen molar-refractivity contribution in [3.63, 3.8) is 0 Å². The number of pyridine rings is 1. The van der Waals surface area contributed by atoms with Crippen LogP contribution in [-0.4, -0.2) is 60.8 Å². The van der Waals surface area contributed by atoms with Gasteiger partial charge in [0.25, 0.3) is 0 Å². The quantitative estimate of drug-likeness (QED) is 0.365. The van der Waals surface area contributed by atoms with E-state index < -0.39 is 25.3 Å². The predicted molar refractivity (Wildman–Crippen MR) is 122 cm³/mol. The SMILES string of the molecule is CCC(C)(C(=O)O)c1nnc(-c2nn(COCC[Si](C)(C)C)c3nc(C)ccc23)nc1O. The molecular formula is C21H30N6O4Si. The van der Waals surface area contributed by atoms with E-state index in [4.69, 9.17) is 4.74 Å². The Labute approximate surface area is 187 Å². The highest BCUT2D eigenvalue weighted by atomic mass is 28.3. The number of carboxylic acids is 1. The molecule has 0 saturated carbocycles. The molecule has 3 heterocycles. The van der Waals surface area contributed by atoms with Crippen LogP contribution in [0.5, 0.6) is 5.88 Å². The molecule has 2 N–H and O–H groups in total. The van der Waals surface area contributed by atoms with Crippen LogP contribution in [-0.2, 0) is 21.7 Å². The summed E-state index contributed by atoms with van der Waals surface area (Å²) in [5.74, 6) is -1.49. The van der Waals surface area contributed by atoms with Gasteiger partial charge in [-0.05, 0) is 38.4 Å². The Hall–Kier alpha value is -2.92. The van der Waals surface area contributed by atoms with Crippen molar-refractivity contribution >= 4 is 25.1 Å². The highest BCUT2D eigenvalue weighted by Crippen LogP contribution is 2.33. The largest absolute Gasteiger partial charge is 0.492 e. The monoisotopic (exact) mass is 458 g/mol. The van der Waals surface area contributed by atoms with Crippen LogP contribution >= 0.6 is 0 Å². The van der Waals surface area contributed by atoms with E-state index >= 15 is 0 Å². The number of ether oxygens (including phenoxy) is 1. The average molecular weight is 459 g/mol. The third-order valence-corrected chi connectivity index (χ3v) is 7.23. The van der Waals surface area contributed by atoms with Crippen LogP contribution in [0.4, 0.5) is 0 Å². The first kappa shape index (κ1) is 23.7. The summed E-state index contributed by atoms with van der Waals surface area (Å²) < 4.78 is 7.49. The molecule has 0 spiro atoms. The first-order valence-electron chi connectivity index (χ1n) is 10.6. The predicted octanol–water partition coefficient (Wildman–Crippen LogP) is 3.36. The summed E-state index contributed by atoms with van der Waals surface area (Å²) in [6, 6.07) is 4.75. The molecule has 172 valence electrons. The van der Waals surface area contributed by atoms with Gasteiger partial charge in [-0.3, -0.25) is 4.79 Å². The summed E-state index contributed by atoms with van der Waals surface area (Å²) in [5.41, 5.74) is 0.356. The highest BCUT2D eigenvalue weighted by molar-refractivity contribution is 6.76. The van der Waals surface area contributed by atoms with Gasteiger partial charge in [0.1, 0.15) is 23.5 Å². The lowest BCUT2D eigenvalue weighted by Crippen LogP contribution is -2.33. The number of rotatable bonds is 9. The number of nitrogens with zero attached hydrogens (tertiary/aromatic N) is 6. The zero-order valence-electron chi connectivity index (χ0n) is 19.4. The van der Waals surface area contributed by atoms with Gasteiger partial charge < -0.3 is 14.9 Å². The first-order chi connectivity index (χ1) is 15.0. The maximum absolute atomic E-state index is 11.7. The van der Waals surface area contributed by atoms with Gasteiger partial charge in [-0.25, -0.2) is 9.67 Å². The fourth-order valence-corrected chi connectivity index (χ4v) is 3.88. The number of hydrogen-bond acceptors (Lipinski definition) is 8. The number of carboxylic acid groups (broad SMARTS) is 1. The fourth-order valence-electron chi connectivity index (χ4n) is 3.13. The van der Waals surface area contributed by atoms with Crippen LogP contribution in [0.3, 0.4) is 0 Å². The molecule has 0 aliphatic rings. The van der Waals surface area contributed by atoms with Gasteiger partial charge in [-0.1, -0.05) is 26.6 Å². The smallest absolute Gasteiger partial charge is 0.315 e. The summed E-state index contributed by atoms with van der Waals surface area (Å²) in [6.07, 6.45) is 0.223. The van der Waals surface area contributed by atoms with Crippen LogP contribution in [0.25, 0.3) is 22.6 Å². The minimum atomic E-state index is -1.40. The fraction of sp³-hybridized carbons (Fsp3) is 0.524. The molecule has 0 aliphatic carbocycles. The third kappa shape index (κ3) is 4.78. The lowest BCUT2D eigenvalue weighted by molar-refractivity contribution is -0.143. The van der Waals surface area contributed by atoms with E-state index in [0.29, 0.717) is 23.3 Å². The normalized spacial score (nSPS) is 13.9. The molecule has 0 aromatic carbocycles. The summed E-state index contributed by atoms with van der Waals surface area (Å²) in [5, 5.41) is 33.4. The number of aromatic nitrogens is 6. The number of aryl methyl sites for hydroxylation is 1. The van der Waals surface area contributed by atoms with Crippen molar-refractivity contribution in [1.29, 1.82) is 0 Å². The Kier molecular flexibility index (Phi) is 6.61. The molecule has 1 atom stereocenters. The topological polar surface area (TPSA) is 136 Å². The second-order valence-corrected chi connectivity index (χ2v) is 14.9. The average Bonchev–Trinajstić information content (AvgIpc) is 3.07. The zero-order valence-corrected chi connectivity index (χ0v) is 20.4. The molecule has 0 bridgehead atoms. The van der Waals surface area contributed by atoms with Crippen LogP contribution in [0.2, 0.25) is 25.7 Å². The second kappa shape index (κ2) is 8.91. The Morgan fingerprint density at radius 3 is 2.53 bits per heavy atom. The number of aromatic hydroxyl groups is 1. The van der Waals surface area contributed by atoms with E-state index in [1.165, 1.54) is 6.92 Å². The standard InChI is InChI=1S/C21H30N6O4Si/c1-7-21(3,20(29)30)16-19(28)23-17(25-24-16)15-14-9-8-13(2)22-18(14)27(26-15)12-31-10-11-32(4,5)6/h8-9H,7,10-12H2,1-6H3,(H,29,30)(H,23,25,28). The Bertz CT molecular complexity index is 1140. The number of fused-ring (bicyclic) bond motifs is 1. The molecule has 0 fully saturated rings. The van der Waals surface area contributed by atoms with Crippen molar-refractivity contribution in [2.45, 2.75) is 65.0 Å². The molecule has 3 aromatic heterocycles. The lowest BCUT2D eigenvalue weighted by atomic mass is 9.84. The zero-order chi connectivity index (χ0) is 23.7. The maximum Gasteiger partial charge on any atom is 0.315 e. The first-order valence-corrected chi connectivity index (χ1v) is 14.3. The lowest BCUT2D eigenvalue weighted by Gasteiger charge is -2.21. The van der Waals surface area contributed by atoms with Gasteiger partial charge in [-0.15, -0.1) is 10.2 Å². The van der Waals surface area contributed by atoms with Gasteiger partial charge in [0.05, 0.1) is 5.39 Å². The molecule has 0 amide bonds. The maximum atomic E-state index is 11.7. The molecule has 0 saturated heterocycles. The molecule has 1 unspecified atom stereocenters. The number of carbonyl (C=O) groups is 1. The highest BCUT2D eigenvalue weighted by Gasteiger charge is 2.39. The summed E-state index contributed by atoms with van der Waals surface area (Å²) in [7, 11) is -1.21. The van der Waals surface area contributed by atoms with Gasteiger partial charge >= 0.3 is 5.97 Å². The minimum absolute atomic E-state index is 0.0800. The van der Waals surface area contributed by atoms with Crippen molar-refractivity contribution in [3.8, 4) is 17.4 Å². The molecule has 32 heavy (non-hydrogen) atoms. The van der Waals surface area contributed by atoms with E-state index in [2.05, 4.69) is 44.9 Å². The summed E-state index contributed by atoms with van der Waals surface area (Å²) >= 11 is 0. The van der Waals surface area contributed by atoms with Crippen LogP contribution in [0.15, 0.2) is 12.1 Å². The van der Waals surface area contributed by atoms with E-state index in [0.717, 1.165) is 11.7 Å². The van der Waals surface area contributed by atoms with Crippen LogP contribution in [0.1, 0.15) is 31.7 Å². The van der Waals surface area contributed by atoms with Gasteiger partial charge in [-0.2, -0.15) is 10.1 Å². The van der Waals surface area contributed by atoms with Crippen LogP contribution in [0, 0.1) is 6.92 Å². The molecule has 0 radical (unpaired) electrons. The van der Waals surface area contributed by atoms with Crippen molar-refractivity contribution < 1.29 is 19.7 Å². The van der Waals surface area contributed by atoms with E-state index in [9.17, 15) is 15.0 Å². The molecule has 11 heteroatoms. The Morgan fingerprint density at radius 1 is 1.22 bits per heavy atom. The minimum Gasteiger partial charge on any atom is -0.492 e. The number of aliphatic carboxylic acids is 1. The van der Waals surface area contributed by atoms with Gasteiger partial charge in [0, 0.05) is 20.4 Å². The Morgan fingerprint density at radius 2 is 1.94 bits per heavy atom.